The number of amides is 2. The zero-order chi connectivity index (χ0) is 18.0. The molecule has 2 unspecified atom stereocenters. The van der Waals surface area contributed by atoms with Crippen molar-refractivity contribution in [2.45, 2.75) is 45.7 Å². The van der Waals surface area contributed by atoms with Gasteiger partial charge in [-0.1, -0.05) is 38.1 Å². The van der Waals surface area contributed by atoms with E-state index in [1.54, 1.807) is 4.90 Å². The molecule has 5 heteroatoms. The van der Waals surface area contributed by atoms with E-state index in [0.717, 1.165) is 25.1 Å². The van der Waals surface area contributed by atoms with Crippen LogP contribution >= 0.6 is 0 Å². The molecule has 0 aliphatic carbocycles. The van der Waals surface area contributed by atoms with Crippen LogP contribution in [0, 0.1) is 11.8 Å². The van der Waals surface area contributed by atoms with Gasteiger partial charge in [0.15, 0.2) is 0 Å². The highest BCUT2D eigenvalue weighted by molar-refractivity contribution is 5.88. The molecule has 2 aliphatic heterocycles. The largest absolute Gasteiger partial charge is 0.341 e. The van der Waals surface area contributed by atoms with Gasteiger partial charge < -0.3 is 15.5 Å². The van der Waals surface area contributed by atoms with Gasteiger partial charge in [0.1, 0.15) is 6.04 Å². The molecular weight excluding hydrogens is 314 g/mol. The summed E-state index contributed by atoms with van der Waals surface area (Å²) in [5.41, 5.74) is 8.11. The summed E-state index contributed by atoms with van der Waals surface area (Å²) >= 11 is 0. The number of likely N-dealkylation sites (tertiary alicyclic amines) is 1. The van der Waals surface area contributed by atoms with Gasteiger partial charge in [-0.15, -0.1) is 0 Å². The van der Waals surface area contributed by atoms with Crippen molar-refractivity contribution in [2.75, 3.05) is 19.6 Å². The summed E-state index contributed by atoms with van der Waals surface area (Å²) in [4.78, 5) is 29.7. The molecule has 1 aromatic rings. The first-order valence-corrected chi connectivity index (χ1v) is 9.34. The Kier molecular flexibility index (Phi) is 5.42. The third kappa shape index (κ3) is 3.87. The Morgan fingerprint density at radius 2 is 1.96 bits per heavy atom. The lowest BCUT2D eigenvalue weighted by atomic mass is 9.92. The van der Waals surface area contributed by atoms with Gasteiger partial charge in [-0.2, -0.15) is 0 Å². The van der Waals surface area contributed by atoms with E-state index in [9.17, 15) is 9.59 Å². The molecule has 2 heterocycles. The summed E-state index contributed by atoms with van der Waals surface area (Å²) in [6, 6.07) is 7.76. The van der Waals surface area contributed by atoms with Crippen molar-refractivity contribution < 1.29 is 9.59 Å². The molecule has 2 atom stereocenters. The van der Waals surface area contributed by atoms with Crippen LogP contribution in [-0.4, -0.2) is 47.3 Å². The van der Waals surface area contributed by atoms with Gasteiger partial charge in [-0.25, -0.2) is 0 Å². The molecule has 2 aliphatic rings. The van der Waals surface area contributed by atoms with Crippen molar-refractivity contribution >= 4 is 11.8 Å². The number of hydrogen-bond donors (Lipinski definition) is 1. The van der Waals surface area contributed by atoms with Gasteiger partial charge in [-0.3, -0.25) is 9.59 Å². The Bertz CT molecular complexity index is 644. The third-order valence-electron chi connectivity index (χ3n) is 5.37. The number of hydrogen-bond acceptors (Lipinski definition) is 3. The fourth-order valence-corrected chi connectivity index (χ4v) is 3.91. The van der Waals surface area contributed by atoms with E-state index in [2.05, 4.69) is 12.1 Å². The fraction of sp³-hybridized carbons (Fsp3) is 0.600. The van der Waals surface area contributed by atoms with Crippen LogP contribution in [0.1, 0.15) is 37.8 Å². The maximum Gasteiger partial charge on any atom is 0.245 e. The summed E-state index contributed by atoms with van der Waals surface area (Å²) in [5, 5.41) is 0. The molecule has 2 amide bonds. The number of nitrogens with zero attached hydrogens (tertiary/aromatic N) is 2. The SMILES string of the molecule is CC(C)CC(=O)N1Cc2ccccc2CC1C(=O)N1CCC(CN)C1. The molecule has 2 N–H and O–H groups in total. The number of carbonyl (C=O) groups excluding carboxylic acids is 2. The van der Waals surface area contributed by atoms with Crippen molar-refractivity contribution in [1.82, 2.24) is 9.80 Å². The molecule has 1 saturated heterocycles. The van der Waals surface area contributed by atoms with E-state index in [-0.39, 0.29) is 23.8 Å². The van der Waals surface area contributed by atoms with Crippen LogP contribution in [0.15, 0.2) is 24.3 Å². The first-order valence-electron chi connectivity index (χ1n) is 9.34. The lowest BCUT2D eigenvalue weighted by molar-refractivity contribution is -0.147. The van der Waals surface area contributed by atoms with E-state index >= 15 is 0 Å². The highest BCUT2D eigenvalue weighted by Crippen LogP contribution is 2.27. The van der Waals surface area contributed by atoms with E-state index in [1.807, 2.05) is 30.9 Å². The third-order valence-corrected chi connectivity index (χ3v) is 5.37. The number of fused-ring (bicyclic) bond motifs is 1. The normalized spacial score (nSPS) is 23.0. The Labute approximate surface area is 150 Å². The van der Waals surface area contributed by atoms with Gasteiger partial charge in [0.25, 0.3) is 0 Å². The average Bonchev–Trinajstić information content (AvgIpc) is 3.08. The summed E-state index contributed by atoms with van der Waals surface area (Å²) in [6.45, 7) is 6.71. The van der Waals surface area contributed by atoms with Gasteiger partial charge in [0.05, 0.1) is 0 Å². The monoisotopic (exact) mass is 343 g/mol. The van der Waals surface area contributed by atoms with Gasteiger partial charge in [-0.05, 0) is 35.9 Å². The minimum Gasteiger partial charge on any atom is -0.341 e. The van der Waals surface area contributed by atoms with Crippen molar-refractivity contribution in [1.29, 1.82) is 0 Å². The van der Waals surface area contributed by atoms with Gasteiger partial charge in [0, 0.05) is 32.5 Å². The number of carbonyl (C=O) groups is 2. The van der Waals surface area contributed by atoms with Crippen molar-refractivity contribution in [3.8, 4) is 0 Å². The van der Waals surface area contributed by atoms with Crippen molar-refractivity contribution in [2.24, 2.45) is 17.6 Å². The van der Waals surface area contributed by atoms with Crippen LogP contribution < -0.4 is 5.73 Å². The highest BCUT2D eigenvalue weighted by atomic mass is 16.2. The Morgan fingerprint density at radius 1 is 1.24 bits per heavy atom. The summed E-state index contributed by atoms with van der Waals surface area (Å²) in [5.74, 6) is 0.841. The molecular formula is C20H29N3O2. The highest BCUT2D eigenvalue weighted by Gasteiger charge is 2.38. The maximum absolute atomic E-state index is 13.2. The van der Waals surface area contributed by atoms with Crippen LogP contribution in [0.2, 0.25) is 0 Å². The smallest absolute Gasteiger partial charge is 0.245 e. The van der Waals surface area contributed by atoms with E-state index in [1.165, 1.54) is 5.56 Å². The second kappa shape index (κ2) is 7.56. The topological polar surface area (TPSA) is 66.6 Å². The number of benzene rings is 1. The molecule has 5 nitrogen and oxygen atoms in total. The van der Waals surface area contributed by atoms with E-state index < -0.39 is 0 Å². The molecule has 1 fully saturated rings. The van der Waals surface area contributed by atoms with Crippen LogP contribution in [0.4, 0.5) is 0 Å². The van der Waals surface area contributed by atoms with E-state index in [0.29, 0.717) is 31.8 Å². The molecule has 0 spiro atoms. The number of rotatable bonds is 4. The zero-order valence-corrected chi connectivity index (χ0v) is 15.3. The molecule has 0 radical (unpaired) electrons. The fourth-order valence-electron chi connectivity index (χ4n) is 3.91. The summed E-state index contributed by atoms with van der Waals surface area (Å²) in [7, 11) is 0. The molecule has 3 rings (SSSR count). The van der Waals surface area contributed by atoms with Crippen LogP contribution in [-0.2, 0) is 22.6 Å². The zero-order valence-electron chi connectivity index (χ0n) is 15.3. The minimum atomic E-state index is -0.377. The van der Waals surface area contributed by atoms with Gasteiger partial charge >= 0.3 is 0 Å². The lowest BCUT2D eigenvalue weighted by Crippen LogP contribution is -2.53. The van der Waals surface area contributed by atoms with Crippen LogP contribution in [0.5, 0.6) is 0 Å². The predicted octanol–water partition coefficient (Wildman–Crippen LogP) is 1.79. The van der Waals surface area contributed by atoms with Crippen molar-refractivity contribution in [3.63, 3.8) is 0 Å². The average molecular weight is 343 g/mol. The van der Waals surface area contributed by atoms with Crippen LogP contribution in [0.25, 0.3) is 0 Å². The molecule has 0 aromatic heterocycles. The molecule has 0 bridgehead atoms. The molecule has 1 aromatic carbocycles. The maximum atomic E-state index is 13.2. The lowest BCUT2D eigenvalue weighted by Gasteiger charge is -2.38. The summed E-state index contributed by atoms with van der Waals surface area (Å²) in [6.07, 6.45) is 2.06. The first-order chi connectivity index (χ1) is 12.0. The summed E-state index contributed by atoms with van der Waals surface area (Å²) < 4.78 is 0. The second-order valence-electron chi connectivity index (χ2n) is 7.78. The Balaban J connectivity index is 1.83. The standard InChI is InChI=1S/C20H29N3O2/c1-14(2)9-19(24)23-13-17-6-4-3-5-16(17)10-18(23)20(25)22-8-7-15(11-21)12-22/h3-6,14-15,18H,7-13,21H2,1-2H3. The Morgan fingerprint density at radius 3 is 2.60 bits per heavy atom. The first kappa shape index (κ1) is 17.9. The van der Waals surface area contributed by atoms with Gasteiger partial charge in [0.2, 0.25) is 11.8 Å². The van der Waals surface area contributed by atoms with E-state index in [4.69, 9.17) is 5.73 Å². The second-order valence-corrected chi connectivity index (χ2v) is 7.78. The molecule has 0 saturated carbocycles. The predicted molar refractivity (Wildman–Crippen MR) is 97.7 cm³/mol. The molecule has 136 valence electrons. The number of nitrogens with two attached hydrogens (primary N) is 1. The molecule has 25 heavy (non-hydrogen) atoms. The Hall–Kier alpha value is -1.88. The quantitative estimate of drug-likeness (QED) is 0.906. The van der Waals surface area contributed by atoms with Crippen molar-refractivity contribution in [3.05, 3.63) is 35.4 Å². The van der Waals surface area contributed by atoms with Crippen LogP contribution in [0.3, 0.4) is 0 Å². The minimum absolute atomic E-state index is 0.0809.